The molecule has 0 saturated carbocycles. The molecule has 6 nitrogen and oxygen atoms in total. The summed E-state index contributed by atoms with van der Waals surface area (Å²) in [6.45, 7) is 2.91. The molecule has 0 aliphatic carbocycles. The minimum atomic E-state index is -0.859. The van der Waals surface area contributed by atoms with Crippen LogP contribution in [0, 0.1) is 5.82 Å². The maximum absolute atomic E-state index is 12.9. The molecule has 1 aromatic rings. The van der Waals surface area contributed by atoms with Crippen LogP contribution in [0.1, 0.15) is 12.8 Å². The Morgan fingerprint density at radius 2 is 1.77 bits per heavy atom. The number of carbonyl (C=O) groups excluding carboxylic acids is 1. The van der Waals surface area contributed by atoms with Crippen molar-refractivity contribution in [2.45, 2.75) is 12.8 Å². The fourth-order valence-corrected chi connectivity index (χ4v) is 2.37. The fraction of sp³-hybridized carbons (Fsp3) is 0.467. The SMILES string of the molecule is O=C(O)CCCNC(=O)N1CCN(c2ccc(F)cc2)CC1. The number of rotatable bonds is 5. The monoisotopic (exact) mass is 309 g/mol. The normalized spacial score (nSPS) is 14.8. The Kier molecular flexibility index (Phi) is 5.57. The van der Waals surface area contributed by atoms with Crippen molar-refractivity contribution in [3.63, 3.8) is 0 Å². The third-order valence-electron chi connectivity index (χ3n) is 3.60. The molecule has 1 heterocycles. The van der Waals surface area contributed by atoms with Gasteiger partial charge < -0.3 is 20.2 Å². The first-order chi connectivity index (χ1) is 10.6. The first kappa shape index (κ1) is 16.1. The van der Waals surface area contributed by atoms with E-state index in [0.717, 1.165) is 5.69 Å². The number of aliphatic carboxylic acids is 1. The zero-order valence-electron chi connectivity index (χ0n) is 12.3. The Morgan fingerprint density at radius 3 is 2.36 bits per heavy atom. The maximum atomic E-state index is 12.9. The van der Waals surface area contributed by atoms with Gasteiger partial charge in [-0.05, 0) is 30.7 Å². The van der Waals surface area contributed by atoms with Crippen molar-refractivity contribution in [1.29, 1.82) is 0 Å². The summed E-state index contributed by atoms with van der Waals surface area (Å²) in [6.07, 6.45) is 0.481. The number of carboxylic acids is 1. The number of amides is 2. The first-order valence-electron chi connectivity index (χ1n) is 7.31. The molecule has 0 bridgehead atoms. The van der Waals surface area contributed by atoms with Gasteiger partial charge in [-0.25, -0.2) is 9.18 Å². The van der Waals surface area contributed by atoms with Gasteiger partial charge in [0.1, 0.15) is 5.82 Å². The van der Waals surface area contributed by atoms with E-state index in [-0.39, 0.29) is 18.3 Å². The van der Waals surface area contributed by atoms with Crippen LogP contribution in [-0.2, 0) is 4.79 Å². The van der Waals surface area contributed by atoms with Gasteiger partial charge in [0, 0.05) is 44.8 Å². The highest BCUT2D eigenvalue weighted by Crippen LogP contribution is 2.16. The second kappa shape index (κ2) is 7.63. The van der Waals surface area contributed by atoms with Crippen LogP contribution >= 0.6 is 0 Å². The highest BCUT2D eigenvalue weighted by molar-refractivity contribution is 5.74. The average molecular weight is 309 g/mol. The predicted octanol–water partition coefficient (Wildman–Crippen LogP) is 1.52. The van der Waals surface area contributed by atoms with E-state index >= 15 is 0 Å². The Bertz CT molecular complexity index is 513. The molecule has 2 N–H and O–H groups in total. The van der Waals surface area contributed by atoms with Gasteiger partial charge >= 0.3 is 12.0 Å². The molecular formula is C15H20FN3O3. The summed E-state index contributed by atoms with van der Waals surface area (Å²) in [5, 5.41) is 11.3. The maximum Gasteiger partial charge on any atom is 0.317 e. The molecule has 1 aliphatic heterocycles. The smallest absolute Gasteiger partial charge is 0.317 e. The Morgan fingerprint density at radius 1 is 1.14 bits per heavy atom. The average Bonchev–Trinajstić information content (AvgIpc) is 2.52. The number of piperazine rings is 1. The van der Waals surface area contributed by atoms with Crippen LogP contribution in [0.3, 0.4) is 0 Å². The van der Waals surface area contributed by atoms with Crippen LogP contribution in [-0.4, -0.2) is 54.7 Å². The molecule has 120 valence electrons. The van der Waals surface area contributed by atoms with Crippen LogP contribution in [0.25, 0.3) is 0 Å². The van der Waals surface area contributed by atoms with Crippen LogP contribution in [0.5, 0.6) is 0 Å². The van der Waals surface area contributed by atoms with Gasteiger partial charge in [0.05, 0.1) is 0 Å². The number of urea groups is 1. The molecule has 2 amide bonds. The van der Waals surface area contributed by atoms with Crippen molar-refractivity contribution in [2.24, 2.45) is 0 Å². The molecule has 1 fully saturated rings. The zero-order chi connectivity index (χ0) is 15.9. The molecule has 2 rings (SSSR count). The minimum absolute atomic E-state index is 0.0542. The largest absolute Gasteiger partial charge is 0.481 e. The summed E-state index contributed by atoms with van der Waals surface area (Å²) in [4.78, 5) is 26.1. The molecule has 0 atom stereocenters. The van der Waals surface area contributed by atoms with Crippen LogP contribution in [0.4, 0.5) is 14.9 Å². The number of hydrogen-bond acceptors (Lipinski definition) is 3. The highest BCUT2D eigenvalue weighted by Gasteiger charge is 2.20. The third-order valence-corrected chi connectivity index (χ3v) is 3.60. The van der Waals surface area contributed by atoms with E-state index in [1.54, 1.807) is 17.0 Å². The number of nitrogens with zero attached hydrogens (tertiary/aromatic N) is 2. The molecule has 0 aromatic heterocycles. The van der Waals surface area contributed by atoms with Crippen molar-refractivity contribution >= 4 is 17.7 Å². The van der Waals surface area contributed by atoms with Crippen molar-refractivity contribution in [2.75, 3.05) is 37.6 Å². The molecule has 1 aliphatic rings. The van der Waals surface area contributed by atoms with Crippen molar-refractivity contribution in [3.8, 4) is 0 Å². The molecule has 0 unspecified atom stereocenters. The van der Waals surface area contributed by atoms with Crippen LogP contribution in [0.15, 0.2) is 24.3 Å². The molecule has 7 heteroatoms. The van der Waals surface area contributed by atoms with E-state index in [2.05, 4.69) is 10.2 Å². The second-order valence-electron chi connectivity index (χ2n) is 5.18. The summed E-state index contributed by atoms with van der Waals surface area (Å²) in [6, 6.07) is 6.16. The second-order valence-corrected chi connectivity index (χ2v) is 5.18. The lowest BCUT2D eigenvalue weighted by atomic mass is 10.2. The van der Waals surface area contributed by atoms with Crippen molar-refractivity contribution < 1.29 is 19.1 Å². The van der Waals surface area contributed by atoms with Crippen LogP contribution in [0.2, 0.25) is 0 Å². The van der Waals surface area contributed by atoms with Gasteiger partial charge in [-0.3, -0.25) is 4.79 Å². The van der Waals surface area contributed by atoms with Gasteiger partial charge in [-0.15, -0.1) is 0 Å². The quantitative estimate of drug-likeness (QED) is 0.809. The lowest BCUT2D eigenvalue weighted by Crippen LogP contribution is -2.52. The molecule has 0 radical (unpaired) electrons. The van der Waals surface area contributed by atoms with E-state index in [9.17, 15) is 14.0 Å². The molecule has 0 spiro atoms. The Hall–Kier alpha value is -2.31. The predicted molar refractivity (Wildman–Crippen MR) is 80.5 cm³/mol. The van der Waals surface area contributed by atoms with Gasteiger partial charge in [-0.1, -0.05) is 0 Å². The molecule has 1 aromatic carbocycles. The topological polar surface area (TPSA) is 72.9 Å². The zero-order valence-corrected chi connectivity index (χ0v) is 12.3. The lowest BCUT2D eigenvalue weighted by molar-refractivity contribution is -0.137. The summed E-state index contributed by atoms with van der Waals surface area (Å²) in [5.41, 5.74) is 0.947. The van der Waals surface area contributed by atoms with E-state index in [1.165, 1.54) is 12.1 Å². The van der Waals surface area contributed by atoms with E-state index in [1.807, 2.05) is 0 Å². The lowest BCUT2D eigenvalue weighted by Gasteiger charge is -2.36. The van der Waals surface area contributed by atoms with Crippen LogP contribution < -0.4 is 10.2 Å². The van der Waals surface area contributed by atoms with Crippen molar-refractivity contribution in [1.82, 2.24) is 10.2 Å². The van der Waals surface area contributed by atoms with Gasteiger partial charge in [-0.2, -0.15) is 0 Å². The number of carboxylic acid groups (broad SMARTS) is 1. The fourth-order valence-electron chi connectivity index (χ4n) is 2.37. The van der Waals surface area contributed by atoms with Gasteiger partial charge in [0.15, 0.2) is 0 Å². The molecule has 1 saturated heterocycles. The number of anilines is 1. The number of carbonyl (C=O) groups is 2. The Balaban J connectivity index is 1.73. The highest BCUT2D eigenvalue weighted by atomic mass is 19.1. The van der Waals surface area contributed by atoms with E-state index in [4.69, 9.17) is 5.11 Å². The first-order valence-corrected chi connectivity index (χ1v) is 7.31. The van der Waals surface area contributed by atoms with Gasteiger partial charge in [0.2, 0.25) is 0 Å². The summed E-state index contributed by atoms with van der Waals surface area (Å²) < 4.78 is 12.9. The number of benzene rings is 1. The van der Waals surface area contributed by atoms with Crippen molar-refractivity contribution in [3.05, 3.63) is 30.1 Å². The third kappa shape index (κ3) is 4.61. The number of hydrogen-bond donors (Lipinski definition) is 2. The number of halogens is 1. The Labute approximate surface area is 128 Å². The summed E-state index contributed by atoms with van der Waals surface area (Å²) in [5.74, 6) is -1.12. The molecule has 22 heavy (non-hydrogen) atoms. The number of nitrogens with one attached hydrogen (secondary N) is 1. The van der Waals surface area contributed by atoms with E-state index < -0.39 is 5.97 Å². The summed E-state index contributed by atoms with van der Waals surface area (Å²) >= 11 is 0. The molecular weight excluding hydrogens is 289 g/mol. The van der Waals surface area contributed by atoms with E-state index in [0.29, 0.717) is 39.1 Å². The standard InChI is InChI=1S/C15H20FN3O3/c16-12-3-5-13(6-4-12)18-8-10-19(11-9-18)15(22)17-7-1-2-14(20)21/h3-6H,1-2,7-11H2,(H,17,22)(H,20,21). The minimum Gasteiger partial charge on any atom is -0.481 e. The van der Waals surface area contributed by atoms with Gasteiger partial charge in [0.25, 0.3) is 0 Å². The summed E-state index contributed by atoms with van der Waals surface area (Å²) in [7, 11) is 0.